The quantitative estimate of drug-likeness (QED) is 0.586. The summed E-state index contributed by atoms with van der Waals surface area (Å²) in [6, 6.07) is 7.15. The highest BCUT2D eigenvalue weighted by Gasteiger charge is 2.34. The van der Waals surface area contributed by atoms with E-state index in [1.807, 2.05) is 30.0 Å². The molecule has 1 saturated heterocycles. The molecule has 178 valence electrons. The van der Waals surface area contributed by atoms with E-state index in [9.17, 15) is 18.0 Å². The topological polar surface area (TPSA) is 83.9 Å². The van der Waals surface area contributed by atoms with E-state index in [1.54, 1.807) is 18.5 Å². The van der Waals surface area contributed by atoms with Crippen molar-refractivity contribution in [1.82, 2.24) is 24.8 Å². The summed E-state index contributed by atoms with van der Waals surface area (Å²) in [5.41, 5.74) is 1.22. The Morgan fingerprint density at radius 3 is 2.53 bits per heavy atom. The van der Waals surface area contributed by atoms with Gasteiger partial charge in [-0.05, 0) is 37.8 Å². The van der Waals surface area contributed by atoms with Crippen LogP contribution in [-0.4, -0.2) is 49.9 Å². The van der Waals surface area contributed by atoms with Gasteiger partial charge in [0.15, 0.2) is 5.82 Å². The summed E-state index contributed by atoms with van der Waals surface area (Å²) in [6.07, 6.45) is 2.08. The molecule has 2 aromatic heterocycles. The lowest BCUT2D eigenvalue weighted by Gasteiger charge is -2.40. The Kier molecular flexibility index (Phi) is 6.76. The van der Waals surface area contributed by atoms with Gasteiger partial charge in [0, 0.05) is 43.4 Å². The van der Waals surface area contributed by atoms with E-state index in [-0.39, 0.29) is 23.8 Å². The zero-order chi connectivity index (χ0) is 24.3. The third-order valence-electron chi connectivity index (χ3n) is 6.04. The van der Waals surface area contributed by atoms with Crippen molar-refractivity contribution in [1.29, 1.82) is 0 Å². The molecule has 0 aliphatic carbocycles. The maximum absolute atomic E-state index is 13.8. The zero-order valence-electron chi connectivity index (χ0n) is 18.9. The Balaban J connectivity index is 1.57. The number of anilines is 1. The molecule has 1 unspecified atom stereocenters. The number of aryl methyl sites for hydroxylation is 1. The van der Waals surface area contributed by atoms with E-state index in [1.165, 1.54) is 0 Å². The minimum absolute atomic E-state index is 0.0899. The van der Waals surface area contributed by atoms with Gasteiger partial charge in [-0.2, -0.15) is 13.2 Å². The first-order valence-corrected chi connectivity index (χ1v) is 11.1. The van der Waals surface area contributed by atoms with Crippen LogP contribution in [0.2, 0.25) is 0 Å². The van der Waals surface area contributed by atoms with Crippen molar-refractivity contribution in [2.24, 2.45) is 5.92 Å². The Morgan fingerprint density at radius 1 is 1.15 bits per heavy atom. The molecule has 10 heteroatoms. The highest BCUT2D eigenvalue weighted by molar-refractivity contribution is 6.00. The second kappa shape index (κ2) is 9.74. The van der Waals surface area contributed by atoms with E-state index in [4.69, 9.17) is 0 Å². The largest absolute Gasteiger partial charge is 0.419 e. The second-order valence-corrected chi connectivity index (χ2v) is 8.48. The van der Waals surface area contributed by atoms with Crippen LogP contribution in [0.25, 0.3) is 11.4 Å². The van der Waals surface area contributed by atoms with Crippen LogP contribution in [0.1, 0.15) is 41.3 Å². The maximum atomic E-state index is 13.8. The molecule has 3 heterocycles. The van der Waals surface area contributed by atoms with Crippen LogP contribution < -0.4 is 5.32 Å². The number of alkyl halides is 3. The number of rotatable bonds is 5. The van der Waals surface area contributed by atoms with Crippen molar-refractivity contribution in [2.45, 2.75) is 38.9 Å². The minimum Gasteiger partial charge on any atom is -0.352 e. The highest BCUT2D eigenvalue weighted by Crippen LogP contribution is 2.30. The van der Waals surface area contributed by atoms with Crippen LogP contribution in [0, 0.1) is 12.8 Å². The first-order chi connectivity index (χ1) is 16.2. The molecule has 0 bridgehead atoms. The Morgan fingerprint density at radius 2 is 1.85 bits per heavy atom. The Bertz CT molecular complexity index is 1140. The molecule has 2 atom stereocenters. The highest BCUT2D eigenvalue weighted by atomic mass is 19.4. The van der Waals surface area contributed by atoms with Crippen LogP contribution >= 0.6 is 0 Å². The fraction of sp³-hybridized carbons (Fsp3) is 0.375. The average Bonchev–Trinajstić information content (AvgIpc) is 2.83. The van der Waals surface area contributed by atoms with Gasteiger partial charge in [0.1, 0.15) is 0 Å². The van der Waals surface area contributed by atoms with Gasteiger partial charge in [-0.25, -0.2) is 19.9 Å². The molecule has 1 aromatic carbocycles. The van der Waals surface area contributed by atoms with Crippen LogP contribution in [0.4, 0.5) is 19.1 Å². The number of hydrogen-bond acceptors (Lipinski definition) is 6. The van der Waals surface area contributed by atoms with Crippen molar-refractivity contribution >= 4 is 11.9 Å². The van der Waals surface area contributed by atoms with Crippen molar-refractivity contribution in [2.75, 3.05) is 18.4 Å². The van der Waals surface area contributed by atoms with Gasteiger partial charge in [0.05, 0.1) is 17.2 Å². The SMILES string of the molecule is Cc1ccc(-c2ncccn2)c(C(=O)N2CCC[C@@H](C)C2CNc2ncc(C(F)(F)F)cn2)c1. The number of carbonyl (C=O) groups is 1. The number of piperidine rings is 1. The number of nitrogens with one attached hydrogen (secondary N) is 1. The van der Waals surface area contributed by atoms with Gasteiger partial charge in [-0.3, -0.25) is 4.79 Å². The van der Waals surface area contributed by atoms with Crippen molar-refractivity contribution in [3.8, 4) is 11.4 Å². The van der Waals surface area contributed by atoms with Gasteiger partial charge in [0.25, 0.3) is 5.91 Å². The average molecular weight is 470 g/mol. The molecule has 1 N–H and O–H groups in total. The Hall–Kier alpha value is -3.56. The van der Waals surface area contributed by atoms with Gasteiger partial charge >= 0.3 is 6.18 Å². The summed E-state index contributed by atoms with van der Waals surface area (Å²) in [5.74, 6) is 0.620. The third kappa shape index (κ3) is 5.16. The first kappa shape index (κ1) is 23.6. The Labute approximate surface area is 195 Å². The van der Waals surface area contributed by atoms with E-state index < -0.39 is 11.7 Å². The van der Waals surface area contributed by atoms with E-state index in [2.05, 4.69) is 32.2 Å². The fourth-order valence-electron chi connectivity index (χ4n) is 4.20. The van der Waals surface area contributed by atoms with Crippen LogP contribution in [0.3, 0.4) is 0 Å². The molecule has 3 aromatic rings. The lowest BCUT2D eigenvalue weighted by molar-refractivity contribution is -0.138. The number of halogens is 3. The molecule has 34 heavy (non-hydrogen) atoms. The monoisotopic (exact) mass is 470 g/mol. The van der Waals surface area contributed by atoms with Crippen molar-refractivity contribution < 1.29 is 18.0 Å². The molecule has 4 rings (SSSR count). The number of likely N-dealkylation sites (tertiary alicyclic amines) is 1. The number of nitrogens with zero attached hydrogens (tertiary/aromatic N) is 5. The number of aromatic nitrogens is 4. The van der Waals surface area contributed by atoms with Crippen LogP contribution in [0.15, 0.2) is 49.1 Å². The van der Waals surface area contributed by atoms with Crippen molar-refractivity contribution in [3.05, 3.63) is 65.7 Å². The van der Waals surface area contributed by atoms with Gasteiger partial charge < -0.3 is 10.2 Å². The number of carbonyl (C=O) groups excluding carboxylic acids is 1. The number of benzene rings is 1. The lowest BCUT2D eigenvalue weighted by Crippen LogP contribution is -2.51. The van der Waals surface area contributed by atoms with Gasteiger partial charge in [0.2, 0.25) is 5.95 Å². The molecule has 1 fully saturated rings. The molecule has 0 radical (unpaired) electrons. The van der Waals surface area contributed by atoms with Gasteiger partial charge in [-0.1, -0.05) is 24.6 Å². The van der Waals surface area contributed by atoms with E-state index >= 15 is 0 Å². The molecular weight excluding hydrogens is 445 g/mol. The molecule has 1 aliphatic heterocycles. The molecule has 0 spiro atoms. The maximum Gasteiger partial charge on any atom is 0.419 e. The summed E-state index contributed by atoms with van der Waals surface area (Å²) in [7, 11) is 0. The molecule has 0 saturated carbocycles. The summed E-state index contributed by atoms with van der Waals surface area (Å²) in [5, 5.41) is 3.01. The summed E-state index contributed by atoms with van der Waals surface area (Å²) in [6.45, 7) is 4.89. The van der Waals surface area contributed by atoms with Crippen LogP contribution in [0.5, 0.6) is 0 Å². The minimum atomic E-state index is -4.49. The lowest BCUT2D eigenvalue weighted by atomic mass is 9.89. The third-order valence-corrected chi connectivity index (χ3v) is 6.04. The molecular formula is C24H25F3N6O. The predicted molar refractivity (Wildman–Crippen MR) is 121 cm³/mol. The molecule has 1 aliphatic rings. The molecule has 1 amide bonds. The number of amides is 1. The molecule has 7 nitrogen and oxygen atoms in total. The standard InChI is InChI=1S/C24H25F3N6O/c1-15-6-7-18(21-28-8-4-9-29-21)19(11-15)22(34)33-10-3-5-16(2)20(33)14-32-23-30-12-17(13-31-23)24(25,26)27/h4,6-9,11-13,16,20H,3,5,10,14H2,1-2H3,(H,30,31,32)/t16-,20?/m1/s1. The smallest absolute Gasteiger partial charge is 0.352 e. The van der Waals surface area contributed by atoms with E-state index in [0.29, 0.717) is 30.0 Å². The van der Waals surface area contributed by atoms with Crippen LogP contribution in [-0.2, 0) is 6.18 Å². The fourth-order valence-corrected chi connectivity index (χ4v) is 4.20. The summed E-state index contributed by atoms with van der Waals surface area (Å²) >= 11 is 0. The normalized spacial score (nSPS) is 18.6. The number of hydrogen-bond donors (Lipinski definition) is 1. The summed E-state index contributed by atoms with van der Waals surface area (Å²) in [4.78, 5) is 31.8. The van der Waals surface area contributed by atoms with E-state index in [0.717, 1.165) is 30.8 Å². The van der Waals surface area contributed by atoms with Crippen molar-refractivity contribution in [3.63, 3.8) is 0 Å². The first-order valence-electron chi connectivity index (χ1n) is 11.1. The predicted octanol–water partition coefficient (Wildman–Crippen LogP) is 4.61. The summed E-state index contributed by atoms with van der Waals surface area (Å²) < 4.78 is 38.3. The second-order valence-electron chi connectivity index (χ2n) is 8.48. The van der Waals surface area contributed by atoms with Gasteiger partial charge in [-0.15, -0.1) is 0 Å². The zero-order valence-corrected chi connectivity index (χ0v) is 18.9.